The summed E-state index contributed by atoms with van der Waals surface area (Å²) in [5, 5.41) is 2.89. The average Bonchev–Trinajstić information content (AvgIpc) is 2.43. The molecular formula is C17H21N3O2. The molecule has 0 bridgehead atoms. The van der Waals surface area contributed by atoms with Crippen molar-refractivity contribution in [1.82, 2.24) is 4.57 Å². The molecule has 5 nitrogen and oxygen atoms in total. The Morgan fingerprint density at radius 2 is 1.77 bits per heavy atom. The Morgan fingerprint density at radius 3 is 2.36 bits per heavy atom. The zero-order valence-corrected chi connectivity index (χ0v) is 13.4. The number of aryl methyl sites for hydroxylation is 2. The Labute approximate surface area is 130 Å². The zero-order valence-electron chi connectivity index (χ0n) is 13.4. The van der Waals surface area contributed by atoms with Gasteiger partial charge >= 0.3 is 0 Å². The van der Waals surface area contributed by atoms with Gasteiger partial charge in [-0.25, -0.2) is 0 Å². The van der Waals surface area contributed by atoms with Crippen LogP contribution in [0.15, 0.2) is 41.2 Å². The fraction of sp³-hybridized carbons (Fsp3) is 0.294. The van der Waals surface area contributed by atoms with Crippen molar-refractivity contribution in [3.05, 3.63) is 58.0 Å². The van der Waals surface area contributed by atoms with Crippen LogP contribution in [0.4, 0.5) is 11.4 Å². The summed E-state index contributed by atoms with van der Waals surface area (Å²) in [5.74, 6) is -0.120. The molecule has 0 aliphatic carbocycles. The van der Waals surface area contributed by atoms with E-state index in [0.29, 0.717) is 0 Å². The Hall–Kier alpha value is -2.56. The van der Waals surface area contributed by atoms with E-state index in [2.05, 4.69) is 5.32 Å². The fourth-order valence-corrected chi connectivity index (χ4v) is 2.34. The largest absolute Gasteiger partial charge is 0.378 e. The van der Waals surface area contributed by atoms with Crippen molar-refractivity contribution in [3.63, 3.8) is 0 Å². The van der Waals surface area contributed by atoms with E-state index < -0.39 is 0 Å². The lowest BCUT2D eigenvalue weighted by Gasteiger charge is -2.16. The van der Waals surface area contributed by atoms with Crippen molar-refractivity contribution in [2.75, 3.05) is 24.3 Å². The highest BCUT2D eigenvalue weighted by Crippen LogP contribution is 2.17. The van der Waals surface area contributed by atoms with Crippen molar-refractivity contribution >= 4 is 17.3 Å². The maximum atomic E-state index is 12.2. The second-order valence-corrected chi connectivity index (χ2v) is 5.55. The molecule has 116 valence electrons. The highest BCUT2D eigenvalue weighted by Gasteiger charge is 2.08. The molecule has 1 aromatic heterocycles. The Kier molecular flexibility index (Phi) is 4.65. The molecule has 1 amide bonds. The highest BCUT2D eigenvalue weighted by atomic mass is 16.2. The van der Waals surface area contributed by atoms with Crippen molar-refractivity contribution in [1.29, 1.82) is 0 Å². The maximum absolute atomic E-state index is 12.2. The molecule has 2 rings (SSSR count). The first-order chi connectivity index (χ1) is 10.4. The van der Waals surface area contributed by atoms with E-state index in [0.717, 1.165) is 22.8 Å². The molecule has 0 aliphatic rings. The van der Waals surface area contributed by atoms with Gasteiger partial charge in [0.05, 0.1) is 0 Å². The number of anilines is 2. The van der Waals surface area contributed by atoms with Crippen molar-refractivity contribution < 1.29 is 4.79 Å². The third-order valence-electron chi connectivity index (χ3n) is 3.50. The van der Waals surface area contributed by atoms with Gasteiger partial charge in [0.1, 0.15) is 6.54 Å². The number of rotatable bonds is 4. The standard InChI is InChI=1S/C17H21N3O2/c1-12-8-16(21)9-13(2)20(12)11-17(22)18-14-6-5-7-15(10-14)19(3)4/h5-10H,11H2,1-4H3,(H,18,22). The van der Waals surface area contributed by atoms with Gasteiger partial charge in [0, 0.05) is 49.0 Å². The van der Waals surface area contributed by atoms with E-state index in [-0.39, 0.29) is 17.9 Å². The summed E-state index contributed by atoms with van der Waals surface area (Å²) >= 11 is 0. The number of amides is 1. The monoisotopic (exact) mass is 299 g/mol. The van der Waals surface area contributed by atoms with Crippen LogP contribution < -0.4 is 15.6 Å². The average molecular weight is 299 g/mol. The second kappa shape index (κ2) is 6.47. The van der Waals surface area contributed by atoms with Crippen molar-refractivity contribution in [2.24, 2.45) is 0 Å². The second-order valence-electron chi connectivity index (χ2n) is 5.55. The minimum atomic E-state index is -0.120. The molecule has 0 aliphatic heterocycles. The molecule has 5 heteroatoms. The molecule has 0 saturated carbocycles. The van der Waals surface area contributed by atoms with Gasteiger partial charge in [0.15, 0.2) is 5.43 Å². The van der Waals surface area contributed by atoms with E-state index in [4.69, 9.17) is 0 Å². The summed E-state index contributed by atoms with van der Waals surface area (Å²) in [6.45, 7) is 3.84. The molecule has 22 heavy (non-hydrogen) atoms. The molecular weight excluding hydrogens is 278 g/mol. The predicted octanol–water partition coefficient (Wildman–Crippen LogP) is 2.17. The maximum Gasteiger partial charge on any atom is 0.244 e. The summed E-state index contributed by atoms with van der Waals surface area (Å²) in [6.07, 6.45) is 0. The van der Waals surface area contributed by atoms with Crippen molar-refractivity contribution in [2.45, 2.75) is 20.4 Å². The summed E-state index contributed by atoms with van der Waals surface area (Å²) in [4.78, 5) is 25.6. The first-order valence-corrected chi connectivity index (χ1v) is 7.12. The third-order valence-corrected chi connectivity index (χ3v) is 3.50. The van der Waals surface area contributed by atoms with Gasteiger partial charge in [-0.3, -0.25) is 9.59 Å². The molecule has 1 aromatic carbocycles. The van der Waals surface area contributed by atoms with Crippen LogP contribution in [0.5, 0.6) is 0 Å². The van der Waals surface area contributed by atoms with Gasteiger partial charge in [-0.05, 0) is 32.0 Å². The SMILES string of the molecule is Cc1cc(=O)cc(C)n1CC(=O)Nc1cccc(N(C)C)c1. The van der Waals surface area contributed by atoms with E-state index in [9.17, 15) is 9.59 Å². The molecule has 1 N–H and O–H groups in total. The van der Waals surface area contributed by atoms with Crippen LogP contribution in [0.25, 0.3) is 0 Å². The number of carbonyl (C=O) groups is 1. The van der Waals surface area contributed by atoms with Crippen molar-refractivity contribution in [3.8, 4) is 0 Å². The van der Waals surface area contributed by atoms with Crippen LogP contribution in [0, 0.1) is 13.8 Å². The zero-order chi connectivity index (χ0) is 16.3. The van der Waals surface area contributed by atoms with E-state index in [1.54, 1.807) is 0 Å². The minimum Gasteiger partial charge on any atom is -0.378 e. The van der Waals surface area contributed by atoms with Crippen LogP contribution in [-0.2, 0) is 11.3 Å². The number of nitrogens with zero attached hydrogens (tertiary/aromatic N) is 2. The summed E-state index contributed by atoms with van der Waals surface area (Å²) in [7, 11) is 3.90. The summed E-state index contributed by atoms with van der Waals surface area (Å²) in [5.41, 5.74) is 3.30. The topological polar surface area (TPSA) is 54.3 Å². The molecule has 0 atom stereocenters. The van der Waals surface area contributed by atoms with Gasteiger partial charge < -0.3 is 14.8 Å². The smallest absolute Gasteiger partial charge is 0.244 e. The van der Waals surface area contributed by atoms with E-state index >= 15 is 0 Å². The van der Waals surface area contributed by atoms with Crippen LogP contribution in [-0.4, -0.2) is 24.6 Å². The van der Waals surface area contributed by atoms with Gasteiger partial charge in [-0.15, -0.1) is 0 Å². The molecule has 0 fully saturated rings. The van der Waals surface area contributed by atoms with Gasteiger partial charge in [-0.2, -0.15) is 0 Å². The van der Waals surface area contributed by atoms with Gasteiger partial charge in [-0.1, -0.05) is 6.07 Å². The summed E-state index contributed by atoms with van der Waals surface area (Å²) in [6, 6.07) is 10.7. The lowest BCUT2D eigenvalue weighted by atomic mass is 10.2. The van der Waals surface area contributed by atoms with Gasteiger partial charge in [0.2, 0.25) is 5.91 Å². The lowest BCUT2D eigenvalue weighted by Crippen LogP contribution is -2.23. The lowest BCUT2D eigenvalue weighted by molar-refractivity contribution is -0.116. The fourth-order valence-electron chi connectivity index (χ4n) is 2.34. The minimum absolute atomic E-state index is 0.0367. The van der Waals surface area contributed by atoms with E-state index in [1.807, 2.05) is 61.7 Å². The van der Waals surface area contributed by atoms with Crippen LogP contribution in [0.1, 0.15) is 11.4 Å². The number of benzene rings is 1. The van der Waals surface area contributed by atoms with E-state index in [1.165, 1.54) is 12.1 Å². The first-order valence-electron chi connectivity index (χ1n) is 7.12. The number of hydrogen-bond acceptors (Lipinski definition) is 3. The van der Waals surface area contributed by atoms with Crippen LogP contribution in [0.2, 0.25) is 0 Å². The van der Waals surface area contributed by atoms with Crippen LogP contribution in [0.3, 0.4) is 0 Å². The summed E-state index contributed by atoms with van der Waals surface area (Å²) < 4.78 is 1.83. The van der Waals surface area contributed by atoms with Crippen LogP contribution >= 0.6 is 0 Å². The third kappa shape index (κ3) is 3.75. The first kappa shape index (κ1) is 15.8. The Bertz CT molecular complexity index is 722. The number of aromatic nitrogens is 1. The number of hydrogen-bond donors (Lipinski definition) is 1. The van der Waals surface area contributed by atoms with Gasteiger partial charge in [0.25, 0.3) is 0 Å². The Balaban J connectivity index is 2.14. The Morgan fingerprint density at radius 1 is 1.14 bits per heavy atom. The normalized spacial score (nSPS) is 10.4. The quantitative estimate of drug-likeness (QED) is 0.941. The number of pyridine rings is 1. The molecule has 2 aromatic rings. The predicted molar refractivity (Wildman–Crippen MR) is 89.6 cm³/mol. The molecule has 0 radical (unpaired) electrons. The molecule has 0 spiro atoms. The number of nitrogens with one attached hydrogen (secondary N) is 1. The molecule has 1 heterocycles. The highest BCUT2D eigenvalue weighted by molar-refractivity contribution is 5.91. The molecule has 0 unspecified atom stereocenters. The molecule has 0 saturated heterocycles. The number of carbonyl (C=O) groups excluding carboxylic acids is 1.